The van der Waals surface area contributed by atoms with Gasteiger partial charge in [-0.1, -0.05) is 6.92 Å². The topological polar surface area (TPSA) is 32.3 Å². The summed E-state index contributed by atoms with van der Waals surface area (Å²) in [5.74, 6) is -1.83. The third kappa shape index (κ3) is 2.84. The van der Waals surface area contributed by atoms with Gasteiger partial charge in [-0.25, -0.2) is 0 Å². The summed E-state index contributed by atoms with van der Waals surface area (Å²) >= 11 is 0. The number of nitrogens with one attached hydrogen (secondary N) is 1. The van der Waals surface area contributed by atoms with Gasteiger partial charge in [-0.05, 0) is 19.9 Å². The highest BCUT2D eigenvalue weighted by molar-refractivity contribution is 5.82. The second-order valence-corrected chi connectivity index (χ2v) is 4.07. The molecule has 1 atom stereocenters. The Bertz CT molecular complexity index is 254. The Labute approximate surface area is 86.6 Å². The molecule has 0 aromatic carbocycles. The van der Waals surface area contributed by atoms with E-state index in [9.17, 15) is 18.0 Å². The largest absolute Gasteiger partial charge is 0.471 e. The molecule has 88 valence electrons. The molecule has 0 aliphatic carbocycles. The fraction of sp³-hybridized carbons (Fsp3) is 0.889. The molecule has 0 aromatic rings. The highest BCUT2D eigenvalue weighted by Crippen LogP contribution is 2.25. The van der Waals surface area contributed by atoms with Crippen molar-refractivity contribution in [1.82, 2.24) is 10.2 Å². The Morgan fingerprint density at radius 3 is 2.47 bits per heavy atom. The number of halogens is 3. The maximum absolute atomic E-state index is 12.1. The highest BCUT2D eigenvalue weighted by atomic mass is 19.4. The first-order valence-electron chi connectivity index (χ1n) is 4.87. The molecule has 1 aliphatic heterocycles. The number of carbonyl (C=O) groups excluding carboxylic acids is 1. The zero-order chi connectivity index (χ0) is 11.7. The lowest BCUT2D eigenvalue weighted by atomic mass is 9.95. The lowest BCUT2D eigenvalue weighted by Gasteiger charge is -2.29. The van der Waals surface area contributed by atoms with Gasteiger partial charge in [-0.15, -0.1) is 0 Å². The average Bonchev–Trinajstić information content (AvgIpc) is 2.47. The van der Waals surface area contributed by atoms with E-state index in [1.54, 1.807) is 6.92 Å². The number of nitrogens with zero attached hydrogens (tertiary/aromatic N) is 1. The summed E-state index contributed by atoms with van der Waals surface area (Å²) in [6, 6.07) is 0. The molecule has 1 saturated heterocycles. The van der Waals surface area contributed by atoms with E-state index in [-0.39, 0.29) is 0 Å². The molecule has 0 saturated carbocycles. The Morgan fingerprint density at radius 1 is 1.53 bits per heavy atom. The quantitative estimate of drug-likeness (QED) is 0.763. The van der Waals surface area contributed by atoms with Gasteiger partial charge in [-0.3, -0.25) is 4.79 Å². The van der Waals surface area contributed by atoms with Gasteiger partial charge < -0.3 is 10.2 Å². The SMILES string of the molecule is CCC1(NC(=O)C(F)(F)F)CCN(C)C1. The van der Waals surface area contributed by atoms with Gasteiger partial charge >= 0.3 is 12.1 Å². The molecular weight excluding hydrogens is 209 g/mol. The van der Waals surface area contributed by atoms with Crippen LogP contribution in [0.2, 0.25) is 0 Å². The second-order valence-electron chi connectivity index (χ2n) is 4.07. The van der Waals surface area contributed by atoms with E-state index in [1.165, 1.54) is 0 Å². The number of hydrogen-bond donors (Lipinski definition) is 1. The number of rotatable bonds is 2. The van der Waals surface area contributed by atoms with Crippen LogP contribution >= 0.6 is 0 Å². The maximum atomic E-state index is 12.1. The van der Waals surface area contributed by atoms with Crippen molar-refractivity contribution in [2.45, 2.75) is 31.5 Å². The van der Waals surface area contributed by atoms with Crippen LogP contribution in [0.25, 0.3) is 0 Å². The Balaban J connectivity index is 2.66. The van der Waals surface area contributed by atoms with E-state index < -0.39 is 17.6 Å². The van der Waals surface area contributed by atoms with Crippen LogP contribution in [0.15, 0.2) is 0 Å². The molecule has 1 rings (SSSR count). The van der Waals surface area contributed by atoms with Gasteiger partial charge in [0, 0.05) is 13.1 Å². The van der Waals surface area contributed by atoms with Gasteiger partial charge in [0.1, 0.15) is 0 Å². The standard InChI is InChI=1S/C9H15F3N2O/c1-3-8(4-5-14(2)6-8)13-7(15)9(10,11)12/h3-6H2,1-2H3,(H,13,15). The number of hydrogen-bond acceptors (Lipinski definition) is 2. The molecule has 1 amide bonds. The van der Waals surface area contributed by atoms with Gasteiger partial charge in [0.15, 0.2) is 0 Å². The number of alkyl halides is 3. The van der Waals surface area contributed by atoms with Crippen molar-refractivity contribution in [2.75, 3.05) is 20.1 Å². The first-order valence-corrected chi connectivity index (χ1v) is 4.87. The van der Waals surface area contributed by atoms with Gasteiger partial charge in [-0.2, -0.15) is 13.2 Å². The van der Waals surface area contributed by atoms with E-state index in [0.29, 0.717) is 25.9 Å². The van der Waals surface area contributed by atoms with Crippen molar-refractivity contribution >= 4 is 5.91 Å². The van der Waals surface area contributed by atoms with Crippen molar-refractivity contribution in [3.63, 3.8) is 0 Å². The minimum absolute atomic E-state index is 0.478. The normalized spacial score (nSPS) is 28.1. The molecule has 0 spiro atoms. The van der Waals surface area contributed by atoms with Crippen LogP contribution in [0.4, 0.5) is 13.2 Å². The van der Waals surface area contributed by atoms with Crippen LogP contribution < -0.4 is 5.32 Å². The first-order chi connectivity index (χ1) is 6.79. The molecule has 0 bridgehead atoms. The third-order valence-corrected chi connectivity index (χ3v) is 2.86. The van der Waals surface area contributed by atoms with Crippen LogP contribution in [0, 0.1) is 0 Å². The molecule has 1 N–H and O–H groups in total. The molecule has 0 aromatic heterocycles. The predicted octanol–water partition coefficient (Wildman–Crippen LogP) is 1.15. The number of likely N-dealkylation sites (tertiary alicyclic amines) is 1. The van der Waals surface area contributed by atoms with Crippen molar-refractivity contribution in [3.05, 3.63) is 0 Å². The maximum Gasteiger partial charge on any atom is 0.471 e. The minimum atomic E-state index is -4.79. The van der Waals surface area contributed by atoms with Crippen LogP contribution in [-0.4, -0.2) is 42.7 Å². The third-order valence-electron chi connectivity index (χ3n) is 2.86. The van der Waals surface area contributed by atoms with Crippen molar-refractivity contribution in [1.29, 1.82) is 0 Å². The lowest BCUT2D eigenvalue weighted by molar-refractivity contribution is -0.175. The molecule has 1 aliphatic rings. The van der Waals surface area contributed by atoms with Crippen LogP contribution in [0.1, 0.15) is 19.8 Å². The molecule has 15 heavy (non-hydrogen) atoms. The summed E-state index contributed by atoms with van der Waals surface area (Å²) in [5, 5.41) is 2.11. The van der Waals surface area contributed by atoms with Gasteiger partial charge in [0.2, 0.25) is 0 Å². The fourth-order valence-electron chi connectivity index (χ4n) is 1.87. The zero-order valence-electron chi connectivity index (χ0n) is 8.82. The smallest absolute Gasteiger partial charge is 0.342 e. The summed E-state index contributed by atoms with van der Waals surface area (Å²) in [6.45, 7) is 2.98. The second kappa shape index (κ2) is 4.00. The van der Waals surface area contributed by atoms with E-state index >= 15 is 0 Å². The van der Waals surface area contributed by atoms with E-state index in [4.69, 9.17) is 0 Å². The number of likely N-dealkylation sites (N-methyl/N-ethyl adjacent to an activating group) is 1. The highest BCUT2D eigenvalue weighted by Gasteiger charge is 2.45. The molecular formula is C9H15F3N2O. The fourth-order valence-corrected chi connectivity index (χ4v) is 1.87. The monoisotopic (exact) mass is 224 g/mol. The molecule has 0 radical (unpaired) electrons. The van der Waals surface area contributed by atoms with Crippen molar-refractivity contribution < 1.29 is 18.0 Å². The van der Waals surface area contributed by atoms with Crippen LogP contribution in [0.3, 0.4) is 0 Å². The Kier molecular flexibility index (Phi) is 3.28. The minimum Gasteiger partial charge on any atom is -0.342 e. The molecule has 3 nitrogen and oxygen atoms in total. The summed E-state index contributed by atoms with van der Waals surface area (Å²) in [5.41, 5.74) is -0.707. The van der Waals surface area contributed by atoms with Crippen molar-refractivity contribution in [3.8, 4) is 0 Å². The summed E-state index contributed by atoms with van der Waals surface area (Å²) in [6.07, 6.45) is -3.70. The summed E-state index contributed by atoms with van der Waals surface area (Å²) in [4.78, 5) is 12.8. The van der Waals surface area contributed by atoms with Gasteiger partial charge in [0.05, 0.1) is 5.54 Å². The summed E-state index contributed by atoms with van der Waals surface area (Å²) < 4.78 is 36.2. The molecule has 6 heteroatoms. The van der Waals surface area contributed by atoms with Crippen molar-refractivity contribution in [2.24, 2.45) is 0 Å². The zero-order valence-corrected chi connectivity index (χ0v) is 8.82. The Hall–Kier alpha value is -0.780. The summed E-state index contributed by atoms with van der Waals surface area (Å²) in [7, 11) is 1.83. The predicted molar refractivity (Wildman–Crippen MR) is 49.3 cm³/mol. The number of carbonyl (C=O) groups is 1. The molecule has 1 unspecified atom stereocenters. The van der Waals surface area contributed by atoms with E-state index in [0.717, 1.165) is 0 Å². The Morgan fingerprint density at radius 2 is 2.13 bits per heavy atom. The lowest BCUT2D eigenvalue weighted by Crippen LogP contribution is -2.53. The first kappa shape index (κ1) is 12.3. The van der Waals surface area contributed by atoms with E-state index in [2.05, 4.69) is 5.32 Å². The van der Waals surface area contributed by atoms with E-state index in [1.807, 2.05) is 11.9 Å². The van der Waals surface area contributed by atoms with Crippen LogP contribution in [0.5, 0.6) is 0 Å². The van der Waals surface area contributed by atoms with Crippen LogP contribution in [-0.2, 0) is 4.79 Å². The van der Waals surface area contributed by atoms with Gasteiger partial charge in [0.25, 0.3) is 0 Å². The number of amides is 1. The molecule has 1 fully saturated rings. The average molecular weight is 224 g/mol. The molecule has 1 heterocycles.